The van der Waals surface area contributed by atoms with E-state index >= 15 is 0 Å². The summed E-state index contributed by atoms with van der Waals surface area (Å²) in [5.41, 5.74) is 2.84. The van der Waals surface area contributed by atoms with Crippen LogP contribution in [0, 0.1) is 6.92 Å². The summed E-state index contributed by atoms with van der Waals surface area (Å²) in [5.74, 6) is -0.0300. The van der Waals surface area contributed by atoms with Crippen LogP contribution in [0.1, 0.15) is 47.7 Å². The molecule has 1 saturated heterocycles. The van der Waals surface area contributed by atoms with E-state index in [0.717, 1.165) is 36.9 Å². The largest absolute Gasteiger partial charge is 0.352 e. The first-order chi connectivity index (χ1) is 14.9. The topological polar surface area (TPSA) is 69.7 Å². The molecule has 168 valence electrons. The minimum absolute atomic E-state index is 0.0300. The van der Waals surface area contributed by atoms with Crippen molar-refractivity contribution >= 4 is 15.9 Å². The van der Waals surface area contributed by atoms with E-state index in [-0.39, 0.29) is 5.91 Å². The third-order valence-corrected chi connectivity index (χ3v) is 7.59. The number of carbonyl (C=O) groups is 1. The number of rotatable bonds is 9. The van der Waals surface area contributed by atoms with E-state index in [1.54, 1.807) is 16.4 Å². The number of benzene rings is 2. The molecule has 1 aliphatic heterocycles. The first kappa shape index (κ1) is 23.4. The number of sulfonamides is 1. The molecule has 0 radical (unpaired) electrons. The average Bonchev–Trinajstić information content (AvgIpc) is 2.78. The molecule has 1 N–H and O–H groups in total. The Morgan fingerprint density at radius 1 is 0.935 bits per heavy atom. The number of nitrogens with zero attached hydrogens (tertiary/aromatic N) is 2. The molecule has 0 bridgehead atoms. The van der Waals surface area contributed by atoms with Gasteiger partial charge in [-0.2, -0.15) is 4.31 Å². The first-order valence-electron chi connectivity index (χ1n) is 11.1. The van der Waals surface area contributed by atoms with Gasteiger partial charge in [0.05, 0.1) is 4.90 Å². The highest BCUT2D eigenvalue weighted by Gasteiger charge is 2.28. The summed E-state index contributed by atoms with van der Waals surface area (Å²) >= 11 is 0. The van der Waals surface area contributed by atoms with E-state index in [1.807, 2.05) is 43.3 Å². The van der Waals surface area contributed by atoms with Crippen LogP contribution in [-0.4, -0.2) is 56.3 Å². The molecule has 0 aromatic heterocycles. The van der Waals surface area contributed by atoms with Crippen molar-refractivity contribution in [2.24, 2.45) is 0 Å². The van der Waals surface area contributed by atoms with Crippen LogP contribution in [0.15, 0.2) is 53.4 Å². The minimum atomic E-state index is -3.44. The van der Waals surface area contributed by atoms with Gasteiger partial charge in [-0.05, 0) is 43.2 Å². The number of nitrogens with one attached hydrogen (secondary N) is 1. The number of carbonyl (C=O) groups excluding carboxylic acids is 1. The minimum Gasteiger partial charge on any atom is -0.352 e. The molecular weight excluding hydrogens is 410 g/mol. The third-order valence-electron chi connectivity index (χ3n) is 5.68. The van der Waals surface area contributed by atoms with Crippen LogP contribution in [0.2, 0.25) is 0 Å². The lowest BCUT2D eigenvalue weighted by Gasteiger charge is -2.34. The monoisotopic (exact) mass is 443 g/mol. The molecule has 2 aromatic carbocycles. The molecule has 0 saturated carbocycles. The van der Waals surface area contributed by atoms with Gasteiger partial charge in [0.1, 0.15) is 0 Å². The average molecular weight is 444 g/mol. The zero-order valence-electron chi connectivity index (χ0n) is 18.5. The molecular formula is C24H33N3O3S. The van der Waals surface area contributed by atoms with Crippen molar-refractivity contribution in [2.75, 3.05) is 32.7 Å². The Balaban J connectivity index is 1.49. The van der Waals surface area contributed by atoms with Gasteiger partial charge in [0, 0.05) is 44.8 Å². The zero-order valence-corrected chi connectivity index (χ0v) is 19.3. The Kier molecular flexibility index (Phi) is 8.23. The van der Waals surface area contributed by atoms with Gasteiger partial charge in [0.25, 0.3) is 5.91 Å². The quantitative estimate of drug-likeness (QED) is 0.603. The predicted octanol–water partition coefficient (Wildman–Crippen LogP) is 3.42. The van der Waals surface area contributed by atoms with Gasteiger partial charge in [-0.1, -0.05) is 49.6 Å². The van der Waals surface area contributed by atoms with Gasteiger partial charge in [-0.3, -0.25) is 9.69 Å². The standard InChI is InChI=1S/C24H33N3O3S/c1-3-4-5-14-25-24(28)22-10-8-21(9-11-22)19-26-15-17-27(18-16-26)31(29,30)23-12-6-20(2)7-13-23/h6-13H,3-5,14-19H2,1-2H3,(H,25,28). The smallest absolute Gasteiger partial charge is 0.251 e. The van der Waals surface area contributed by atoms with Gasteiger partial charge in [-0.15, -0.1) is 0 Å². The lowest BCUT2D eigenvalue weighted by atomic mass is 10.1. The van der Waals surface area contributed by atoms with Crippen LogP contribution in [0.25, 0.3) is 0 Å². The molecule has 2 aromatic rings. The molecule has 1 heterocycles. The predicted molar refractivity (Wildman–Crippen MR) is 124 cm³/mol. The summed E-state index contributed by atoms with van der Waals surface area (Å²) < 4.78 is 27.3. The van der Waals surface area contributed by atoms with Crippen LogP contribution < -0.4 is 5.32 Å². The van der Waals surface area contributed by atoms with Gasteiger partial charge < -0.3 is 5.32 Å². The summed E-state index contributed by atoms with van der Waals surface area (Å²) in [6, 6.07) is 14.7. The van der Waals surface area contributed by atoms with Crippen molar-refractivity contribution in [3.63, 3.8) is 0 Å². The molecule has 0 atom stereocenters. The van der Waals surface area contributed by atoms with Crippen LogP contribution in [0.5, 0.6) is 0 Å². The molecule has 0 unspecified atom stereocenters. The van der Waals surface area contributed by atoms with E-state index in [4.69, 9.17) is 0 Å². The SMILES string of the molecule is CCCCCNC(=O)c1ccc(CN2CCN(S(=O)(=O)c3ccc(C)cc3)CC2)cc1. The number of hydrogen-bond acceptors (Lipinski definition) is 4. The van der Waals surface area contributed by atoms with E-state index < -0.39 is 10.0 Å². The Morgan fingerprint density at radius 3 is 2.19 bits per heavy atom. The summed E-state index contributed by atoms with van der Waals surface area (Å²) in [6.07, 6.45) is 3.27. The van der Waals surface area contributed by atoms with Gasteiger partial charge >= 0.3 is 0 Å². The molecule has 0 aliphatic carbocycles. The van der Waals surface area contributed by atoms with Crippen LogP contribution >= 0.6 is 0 Å². The number of hydrogen-bond donors (Lipinski definition) is 1. The van der Waals surface area contributed by atoms with E-state index in [1.165, 1.54) is 0 Å². The fourth-order valence-electron chi connectivity index (χ4n) is 3.69. The van der Waals surface area contributed by atoms with E-state index in [2.05, 4.69) is 17.1 Å². The summed E-state index contributed by atoms with van der Waals surface area (Å²) in [4.78, 5) is 14.8. The molecule has 3 rings (SSSR count). The summed E-state index contributed by atoms with van der Waals surface area (Å²) in [7, 11) is -3.44. The molecule has 0 spiro atoms. The zero-order chi connectivity index (χ0) is 22.3. The third kappa shape index (κ3) is 6.38. The highest BCUT2D eigenvalue weighted by atomic mass is 32.2. The van der Waals surface area contributed by atoms with Crippen molar-refractivity contribution < 1.29 is 13.2 Å². The Bertz CT molecular complexity index is 949. The lowest BCUT2D eigenvalue weighted by molar-refractivity contribution is 0.0953. The molecule has 6 nitrogen and oxygen atoms in total. The van der Waals surface area contributed by atoms with Crippen LogP contribution in [0.4, 0.5) is 0 Å². The second-order valence-corrected chi connectivity index (χ2v) is 10.1. The molecule has 7 heteroatoms. The fraction of sp³-hybridized carbons (Fsp3) is 0.458. The number of unbranched alkanes of at least 4 members (excludes halogenated alkanes) is 2. The van der Waals surface area contributed by atoms with Crippen molar-refractivity contribution in [3.05, 3.63) is 65.2 Å². The Hall–Kier alpha value is -2.22. The highest BCUT2D eigenvalue weighted by Crippen LogP contribution is 2.19. The lowest BCUT2D eigenvalue weighted by Crippen LogP contribution is -2.48. The molecule has 31 heavy (non-hydrogen) atoms. The van der Waals surface area contributed by atoms with Crippen LogP contribution in [-0.2, 0) is 16.6 Å². The van der Waals surface area contributed by atoms with E-state index in [0.29, 0.717) is 43.2 Å². The number of amides is 1. The van der Waals surface area contributed by atoms with Crippen molar-refractivity contribution in [2.45, 2.75) is 44.6 Å². The molecule has 1 aliphatic rings. The van der Waals surface area contributed by atoms with Crippen molar-refractivity contribution in [1.29, 1.82) is 0 Å². The van der Waals surface area contributed by atoms with E-state index in [9.17, 15) is 13.2 Å². The maximum atomic E-state index is 12.8. The number of piperazine rings is 1. The maximum absolute atomic E-state index is 12.8. The second kappa shape index (κ2) is 10.9. The van der Waals surface area contributed by atoms with Gasteiger partial charge in [0.15, 0.2) is 0 Å². The maximum Gasteiger partial charge on any atom is 0.251 e. The summed E-state index contributed by atoms with van der Waals surface area (Å²) in [5, 5.41) is 2.96. The Morgan fingerprint density at radius 2 is 1.58 bits per heavy atom. The molecule has 1 fully saturated rings. The fourth-order valence-corrected chi connectivity index (χ4v) is 5.11. The normalized spacial score (nSPS) is 15.7. The molecule has 1 amide bonds. The van der Waals surface area contributed by atoms with Crippen molar-refractivity contribution in [1.82, 2.24) is 14.5 Å². The second-order valence-electron chi connectivity index (χ2n) is 8.15. The summed E-state index contributed by atoms with van der Waals surface area (Å²) in [6.45, 7) is 7.88. The first-order valence-corrected chi connectivity index (χ1v) is 12.5. The van der Waals surface area contributed by atoms with Gasteiger partial charge in [-0.25, -0.2) is 8.42 Å². The highest BCUT2D eigenvalue weighted by molar-refractivity contribution is 7.89. The van der Waals surface area contributed by atoms with Crippen molar-refractivity contribution in [3.8, 4) is 0 Å². The van der Waals surface area contributed by atoms with Crippen LogP contribution in [0.3, 0.4) is 0 Å². The van der Waals surface area contributed by atoms with Gasteiger partial charge in [0.2, 0.25) is 10.0 Å². The number of aryl methyl sites for hydroxylation is 1. The Labute approximate surface area is 186 Å².